The van der Waals surface area contributed by atoms with Crippen molar-refractivity contribution in [2.75, 3.05) is 18.1 Å². The molecule has 0 aliphatic carbocycles. The van der Waals surface area contributed by atoms with E-state index >= 15 is 0 Å². The van der Waals surface area contributed by atoms with Crippen LogP contribution in [0, 0.1) is 19.3 Å². The topological polar surface area (TPSA) is 83.5 Å². The largest absolute Gasteiger partial charge is 0.478 e. The van der Waals surface area contributed by atoms with Gasteiger partial charge in [-0.1, -0.05) is 12.0 Å². The van der Waals surface area contributed by atoms with Crippen LogP contribution in [0.25, 0.3) is 0 Å². The van der Waals surface area contributed by atoms with Gasteiger partial charge in [-0.25, -0.2) is 17.9 Å². The molecule has 108 valence electrons. The van der Waals surface area contributed by atoms with Crippen LogP contribution in [0.2, 0.25) is 0 Å². The molecule has 0 aliphatic heterocycles. The Morgan fingerprint density at radius 3 is 2.80 bits per heavy atom. The molecule has 0 amide bonds. The summed E-state index contributed by atoms with van der Waals surface area (Å²) in [6, 6.07) is 4.01. The first-order chi connectivity index (χ1) is 9.38. The number of carbonyl (C=O) groups is 1. The molecule has 0 heterocycles. The second-order valence-electron chi connectivity index (χ2n) is 3.94. The van der Waals surface area contributed by atoms with E-state index in [0.29, 0.717) is 17.1 Å². The van der Waals surface area contributed by atoms with Crippen molar-refractivity contribution in [3.8, 4) is 12.3 Å². The summed E-state index contributed by atoms with van der Waals surface area (Å²) in [5.74, 6) is 2.37. The van der Waals surface area contributed by atoms with E-state index < -0.39 is 16.0 Å². The van der Waals surface area contributed by atoms with Gasteiger partial charge in [0.05, 0.1) is 16.2 Å². The molecule has 0 fully saturated rings. The van der Waals surface area contributed by atoms with Gasteiger partial charge in [0.15, 0.2) is 0 Å². The molecule has 20 heavy (non-hydrogen) atoms. The number of aromatic carboxylic acids is 1. The fourth-order valence-corrected chi connectivity index (χ4v) is 3.42. The van der Waals surface area contributed by atoms with Crippen LogP contribution in [0.4, 0.5) is 0 Å². The average Bonchev–Trinajstić information content (AvgIpc) is 2.38. The molecule has 0 unspecified atom stereocenters. The predicted octanol–water partition coefficient (Wildman–Crippen LogP) is 1.34. The molecule has 0 radical (unpaired) electrons. The van der Waals surface area contributed by atoms with Crippen molar-refractivity contribution in [1.82, 2.24) is 4.72 Å². The van der Waals surface area contributed by atoms with Crippen LogP contribution >= 0.6 is 11.8 Å². The third-order valence-corrected chi connectivity index (χ3v) is 4.92. The number of carboxylic acid groups (broad SMARTS) is 1. The van der Waals surface area contributed by atoms with Gasteiger partial charge in [-0.15, -0.1) is 18.2 Å². The number of terminal acetylenes is 1. The Hall–Kier alpha value is -1.49. The lowest BCUT2D eigenvalue weighted by molar-refractivity contribution is 0.0696. The Labute approximate surface area is 122 Å². The van der Waals surface area contributed by atoms with E-state index in [0.717, 1.165) is 6.07 Å². The molecule has 1 aromatic carbocycles. The standard InChI is InChI=1S/C13H15NO4S2/c1-3-7-19-8-6-14-20(17,18)12-9-11(13(15)16)5-4-10(12)2/h1,4-5,9,14H,6-8H2,2H3,(H,15,16). The van der Waals surface area contributed by atoms with Gasteiger partial charge in [0.1, 0.15) is 0 Å². The zero-order valence-electron chi connectivity index (χ0n) is 10.9. The first-order valence-electron chi connectivity index (χ1n) is 5.73. The van der Waals surface area contributed by atoms with Crippen molar-refractivity contribution in [1.29, 1.82) is 0 Å². The van der Waals surface area contributed by atoms with Gasteiger partial charge in [-0.3, -0.25) is 0 Å². The van der Waals surface area contributed by atoms with Gasteiger partial charge < -0.3 is 5.11 Å². The van der Waals surface area contributed by atoms with Crippen LogP contribution in [0.1, 0.15) is 15.9 Å². The smallest absolute Gasteiger partial charge is 0.335 e. The Kier molecular flexibility index (Phi) is 6.07. The molecule has 0 spiro atoms. The third kappa shape index (κ3) is 4.56. The Morgan fingerprint density at radius 2 is 2.20 bits per heavy atom. The molecule has 0 bridgehead atoms. The van der Waals surface area contributed by atoms with E-state index in [-0.39, 0.29) is 17.0 Å². The van der Waals surface area contributed by atoms with Crippen molar-refractivity contribution in [3.05, 3.63) is 29.3 Å². The number of sulfonamides is 1. The van der Waals surface area contributed by atoms with E-state index in [1.54, 1.807) is 6.92 Å². The van der Waals surface area contributed by atoms with E-state index in [4.69, 9.17) is 11.5 Å². The zero-order valence-corrected chi connectivity index (χ0v) is 12.6. The van der Waals surface area contributed by atoms with Crippen LogP contribution in [0.3, 0.4) is 0 Å². The highest BCUT2D eigenvalue weighted by molar-refractivity contribution is 7.99. The molecule has 0 saturated heterocycles. The van der Waals surface area contributed by atoms with Crippen LogP contribution in [0.5, 0.6) is 0 Å². The quantitative estimate of drug-likeness (QED) is 0.586. The molecule has 0 atom stereocenters. The Bertz CT molecular complexity index is 632. The van der Waals surface area contributed by atoms with Gasteiger partial charge in [0.25, 0.3) is 0 Å². The summed E-state index contributed by atoms with van der Waals surface area (Å²) in [7, 11) is -3.71. The van der Waals surface area contributed by atoms with Crippen LogP contribution in [0.15, 0.2) is 23.1 Å². The van der Waals surface area contributed by atoms with Crippen molar-refractivity contribution in [2.45, 2.75) is 11.8 Å². The highest BCUT2D eigenvalue weighted by Crippen LogP contribution is 2.17. The summed E-state index contributed by atoms with van der Waals surface area (Å²) in [5.41, 5.74) is 0.441. The lowest BCUT2D eigenvalue weighted by atomic mass is 10.1. The molecular weight excluding hydrogens is 298 g/mol. The minimum Gasteiger partial charge on any atom is -0.478 e. The first kappa shape index (κ1) is 16.6. The maximum absolute atomic E-state index is 12.1. The molecule has 5 nitrogen and oxygen atoms in total. The summed E-state index contributed by atoms with van der Waals surface area (Å²) in [5, 5.41) is 8.90. The summed E-state index contributed by atoms with van der Waals surface area (Å²) >= 11 is 1.44. The average molecular weight is 313 g/mol. The monoisotopic (exact) mass is 313 g/mol. The highest BCUT2D eigenvalue weighted by Gasteiger charge is 2.18. The number of benzene rings is 1. The lowest BCUT2D eigenvalue weighted by Gasteiger charge is -2.09. The van der Waals surface area contributed by atoms with Crippen molar-refractivity contribution >= 4 is 27.8 Å². The van der Waals surface area contributed by atoms with Crippen molar-refractivity contribution in [3.63, 3.8) is 0 Å². The molecule has 7 heteroatoms. The predicted molar refractivity (Wildman–Crippen MR) is 79.5 cm³/mol. The van der Waals surface area contributed by atoms with Crippen molar-refractivity contribution in [2.24, 2.45) is 0 Å². The lowest BCUT2D eigenvalue weighted by Crippen LogP contribution is -2.27. The Balaban J connectivity index is 2.84. The minimum absolute atomic E-state index is 0.0145. The summed E-state index contributed by atoms with van der Waals surface area (Å²) in [6.07, 6.45) is 5.09. The van der Waals surface area contributed by atoms with Crippen LogP contribution in [-0.2, 0) is 10.0 Å². The van der Waals surface area contributed by atoms with Gasteiger partial charge >= 0.3 is 5.97 Å². The number of rotatable bonds is 7. The third-order valence-electron chi connectivity index (χ3n) is 2.45. The minimum atomic E-state index is -3.71. The maximum Gasteiger partial charge on any atom is 0.335 e. The van der Waals surface area contributed by atoms with Gasteiger partial charge in [-0.2, -0.15) is 0 Å². The number of carboxylic acids is 1. The number of hydrogen-bond donors (Lipinski definition) is 2. The molecule has 1 aromatic rings. The summed E-state index contributed by atoms with van der Waals surface area (Å²) in [4.78, 5) is 10.9. The fourth-order valence-electron chi connectivity index (χ4n) is 1.48. The second-order valence-corrected chi connectivity index (χ2v) is 6.78. The molecule has 0 aliphatic rings. The zero-order chi connectivity index (χ0) is 15.2. The molecular formula is C13H15NO4S2. The second kappa shape index (κ2) is 7.33. The first-order valence-corrected chi connectivity index (χ1v) is 8.37. The molecule has 0 saturated carbocycles. The van der Waals surface area contributed by atoms with Gasteiger partial charge in [-0.05, 0) is 24.6 Å². The number of aryl methyl sites for hydroxylation is 1. The normalized spacial score (nSPS) is 11.0. The maximum atomic E-state index is 12.1. The van der Waals surface area contributed by atoms with Gasteiger partial charge in [0, 0.05) is 12.3 Å². The summed E-state index contributed by atoms with van der Waals surface area (Å²) < 4.78 is 26.6. The Morgan fingerprint density at radius 1 is 1.50 bits per heavy atom. The van der Waals surface area contributed by atoms with Crippen molar-refractivity contribution < 1.29 is 18.3 Å². The molecule has 2 N–H and O–H groups in total. The fraction of sp³-hybridized carbons (Fsp3) is 0.308. The van der Waals surface area contributed by atoms with E-state index in [9.17, 15) is 13.2 Å². The molecule has 0 aromatic heterocycles. The van der Waals surface area contributed by atoms with E-state index in [1.807, 2.05) is 0 Å². The number of hydrogen-bond acceptors (Lipinski definition) is 4. The van der Waals surface area contributed by atoms with Gasteiger partial charge in [0.2, 0.25) is 10.0 Å². The van der Waals surface area contributed by atoms with E-state index in [2.05, 4.69) is 10.6 Å². The van der Waals surface area contributed by atoms with E-state index in [1.165, 1.54) is 23.9 Å². The molecule has 1 rings (SSSR count). The highest BCUT2D eigenvalue weighted by atomic mass is 32.2. The SMILES string of the molecule is C#CCSCCNS(=O)(=O)c1cc(C(=O)O)ccc1C. The number of thioether (sulfide) groups is 1. The van der Waals surface area contributed by atoms with Crippen LogP contribution < -0.4 is 4.72 Å². The number of nitrogens with one attached hydrogen (secondary N) is 1. The summed E-state index contributed by atoms with van der Waals surface area (Å²) in [6.45, 7) is 1.86. The van der Waals surface area contributed by atoms with Crippen LogP contribution in [-0.4, -0.2) is 37.5 Å².